The van der Waals surface area contributed by atoms with E-state index in [-0.39, 0.29) is 6.61 Å². The summed E-state index contributed by atoms with van der Waals surface area (Å²) in [6, 6.07) is 5.78. The molecule has 0 bridgehead atoms. The Labute approximate surface area is 90.1 Å². The lowest BCUT2D eigenvalue weighted by atomic mass is 10.1. The summed E-state index contributed by atoms with van der Waals surface area (Å²) in [6.45, 7) is 3.72. The van der Waals surface area contributed by atoms with Crippen LogP contribution in [-0.4, -0.2) is 31.5 Å². The number of aliphatic hydroxyl groups is 1. The zero-order valence-corrected chi connectivity index (χ0v) is 8.99. The molecule has 0 radical (unpaired) electrons. The Bertz CT molecular complexity index is 303. The van der Waals surface area contributed by atoms with Gasteiger partial charge in [-0.05, 0) is 24.6 Å². The first-order valence-electron chi connectivity index (χ1n) is 5.03. The first-order valence-corrected chi connectivity index (χ1v) is 5.03. The lowest BCUT2D eigenvalue weighted by Gasteiger charge is -2.11. The molecule has 0 amide bonds. The number of benzene rings is 1. The van der Waals surface area contributed by atoms with Crippen LogP contribution >= 0.6 is 0 Å². The van der Waals surface area contributed by atoms with E-state index >= 15 is 0 Å². The van der Waals surface area contributed by atoms with Gasteiger partial charge in [-0.1, -0.05) is 6.07 Å². The first kappa shape index (κ1) is 11.8. The summed E-state index contributed by atoms with van der Waals surface area (Å²) in [6.07, 6.45) is 0. The summed E-state index contributed by atoms with van der Waals surface area (Å²) in [5, 5.41) is 11.7. The summed E-state index contributed by atoms with van der Waals surface area (Å²) in [5.74, 6) is 0. The second-order valence-electron chi connectivity index (χ2n) is 3.28. The van der Waals surface area contributed by atoms with Crippen LogP contribution in [0.1, 0.15) is 5.56 Å². The lowest BCUT2D eigenvalue weighted by Crippen LogP contribution is -2.12. The van der Waals surface area contributed by atoms with E-state index in [1.54, 1.807) is 0 Å². The molecular formula is C11H18N2O2. The summed E-state index contributed by atoms with van der Waals surface area (Å²) >= 11 is 0. The molecule has 4 N–H and O–H groups in total. The molecule has 4 heteroatoms. The van der Waals surface area contributed by atoms with Gasteiger partial charge in [-0.3, -0.25) is 0 Å². The predicted octanol–water partition coefficient (Wildman–Crippen LogP) is 0.998. The van der Waals surface area contributed by atoms with Gasteiger partial charge in [-0.25, -0.2) is 0 Å². The molecule has 0 aliphatic rings. The molecule has 0 aromatic heterocycles. The third kappa shape index (κ3) is 3.77. The maximum Gasteiger partial charge on any atom is 0.0698 e. The fourth-order valence-electron chi connectivity index (χ4n) is 1.27. The van der Waals surface area contributed by atoms with Crippen LogP contribution in [-0.2, 0) is 4.74 Å². The molecule has 1 aromatic carbocycles. The Balaban J connectivity index is 2.34. The largest absolute Gasteiger partial charge is 0.398 e. The van der Waals surface area contributed by atoms with Gasteiger partial charge in [0.2, 0.25) is 0 Å². The molecular weight excluding hydrogens is 192 g/mol. The fourth-order valence-corrected chi connectivity index (χ4v) is 1.27. The molecule has 1 aromatic rings. The van der Waals surface area contributed by atoms with Crippen molar-refractivity contribution in [1.29, 1.82) is 0 Å². The monoisotopic (exact) mass is 210 g/mol. The number of nitrogens with two attached hydrogens (primary N) is 1. The van der Waals surface area contributed by atoms with E-state index in [0.717, 1.165) is 16.9 Å². The Morgan fingerprint density at radius 3 is 2.93 bits per heavy atom. The maximum atomic E-state index is 8.50. The van der Waals surface area contributed by atoms with Gasteiger partial charge in [0, 0.05) is 17.9 Å². The first-order chi connectivity index (χ1) is 7.25. The van der Waals surface area contributed by atoms with Crippen LogP contribution < -0.4 is 11.1 Å². The van der Waals surface area contributed by atoms with Gasteiger partial charge >= 0.3 is 0 Å². The molecule has 0 heterocycles. The topological polar surface area (TPSA) is 67.5 Å². The van der Waals surface area contributed by atoms with E-state index in [2.05, 4.69) is 5.32 Å². The van der Waals surface area contributed by atoms with Crippen LogP contribution in [0, 0.1) is 6.92 Å². The maximum absolute atomic E-state index is 8.50. The number of aliphatic hydroxyl groups excluding tert-OH is 1. The van der Waals surface area contributed by atoms with Crippen molar-refractivity contribution in [2.24, 2.45) is 0 Å². The average molecular weight is 210 g/mol. The van der Waals surface area contributed by atoms with E-state index in [9.17, 15) is 0 Å². The van der Waals surface area contributed by atoms with Gasteiger partial charge in [0.1, 0.15) is 0 Å². The van der Waals surface area contributed by atoms with Crippen LogP contribution in [0.4, 0.5) is 11.4 Å². The minimum absolute atomic E-state index is 0.0668. The molecule has 84 valence electrons. The number of rotatable bonds is 6. The second kappa shape index (κ2) is 6.27. The minimum atomic E-state index is 0.0668. The van der Waals surface area contributed by atoms with Gasteiger partial charge in [0.25, 0.3) is 0 Å². The van der Waals surface area contributed by atoms with Gasteiger partial charge in [-0.2, -0.15) is 0 Å². The summed E-state index contributed by atoms with van der Waals surface area (Å²) in [5.41, 5.74) is 8.64. The van der Waals surface area contributed by atoms with Crippen LogP contribution in [0.5, 0.6) is 0 Å². The van der Waals surface area contributed by atoms with E-state index in [1.807, 2.05) is 25.1 Å². The van der Waals surface area contributed by atoms with E-state index in [1.165, 1.54) is 0 Å². The van der Waals surface area contributed by atoms with Crippen molar-refractivity contribution >= 4 is 11.4 Å². The highest BCUT2D eigenvalue weighted by Gasteiger charge is 1.99. The number of hydrogen-bond donors (Lipinski definition) is 3. The SMILES string of the molecule is Cc1c(N)cccc1NCCOCCO. The highest BCUT2D eigenvalue weighted by atomic mass is 16.5. The zero-order chi connectivity index (χ0) is 11.1. The molecule has 0 spiro atoms. The number of nitrogens with one attached hydrogen (secondary N) is 1. The smallest absolute Gasteiger partial charge is 0.0698 e. The van der Waals surface area contributed by atoms with E-state index in [0.29, 0.717) is 19.8 Å². The Kier molecular flexibility index (Phi) is 4.93. The van der Waals surface area contributed by atoms with Crippen molar-refractivity contribution in [2.45, 2.75) is 6.92 Å². The molecule has 0 aliphatic heterocycles. The van der Waals surface area contributed by atoms with Gasteiger partial charge in [-0.15, -0.1) is 0 Å². The third-order valence-corrected chi connectivity index (χ3v) is 2.17. The molecule has 0 atom stereocenters. The minimum Gasteiger partial charge on any atom is -0.398 e. The predicted molar refractivity (Wildman–Crippen MR) is 62.0 cm³/mol. The fraction of sp³-hybridized carbons (Fsp3) is 0.455. The Morgan fingerprint density at radius 1 is 1.40 bits per heavy atom. The van der Waals surface area contributed by atoms with Crippen LogP contribution in [0.2, 0.25) is 0 Å². The highest BCUT2D eigenvalue weighted by molar-refractivity contribution is 5.62. The number of ether oxygens (including phenoxy) is 1. The summed E-state index contributed by atoms with van der Waals surface area (Å²) in [4.78, 5) is 0. The molecule has 15 heavy (non-hydrogen) atoms. The van der Waals surface area contributed by atoms with E-state index < -0.39 is 0 Å². The summed E-state index contributed by atoms with van der Waals surface area (Å²) < 4.78 is 5.13. The second-order valence-corrected chi connectivity index (χ2v) is 3.28. The summed E-state index contributed by atoms with van der Waals surface area (Å²) in [7, 11) is 0. The van der Waals surface area contributed by atoms with Gasteiger partial charge in [0.15, 0.2) is 0 Å². The van der Waals surface area contributed by atoms with Crippen LogP contribution in [0.25, 0.3) is 0 Å². The van der Waals surface area contributed by atoms with Crippen LogP contribution in [0.15, 0.2) is 18.2 Å². The molecule has 0 saturated heterocycles. The molecule has 1 rings (SSSR count). The normalized spacial score (nSPS) is 10.3. The molecule has 0 fully saturated rings. The van der Waals surface area contributed by atoms with Crippen molar-refractivity contribution < 1.29 is 9.84 Å². The highest BCUT2D eigenvalue weighted by Crippen LogP contribution is 2.19. The lowest BCUT2D eigenvalue weighted by molar-refractivity contribution is 0.0992. The average Bonchev–Trinajstić information content (AvgIpc) is 2.24. The molecule has 4 nitrogen and oxygen atoms in total. The number of anilines is 2. The number of nitrogen functional groups attached to an aromatic ring is 1. The van der Waals surface area contributed by atoms with Gasteiger partial charge in [0.05, 0.1) is 19.8 Å². The van der Waals surface area contributed by atoms with Crippen LogP contribution in [0.3, 0.4) is 0 Å². The third-order valence-electron chi connectivity index (χ3n) is 2.17. The van der Waals surface area contributed by atoms with E-state index in [4.69, 9.17) is 15.6 Å². The van der Waals surface area contributed by atoms with Crippen molar-refractivity contribution in [3.05, 3.63) is 23.8 Å². The Morgan fingerprint density at radius 2 is 2.20 bits per heavy atom. The quantitative estimate of drug-likeness (QED) is 0.484. The van der Waals surface area contributed by atoms with Gasteiger partial charge < -0.3 is 20.9 Å². The van der Waals surface area contributed by atoms with Crippen molar-refractivity contribution in [3.63, 3.8) is 0 Å². The Hall–Kier alpha value is -1.26. The van der Waals surface area contributed by atoms with Crippen molar-refractivity contribution in [3.8, 4) is 0 Å². The molecule has 0 aliphatic carbocycles. The standard InChI is InChI=1S/C11H18N2O2/c1-9-10(12)3-2-4-11(9)13-5-7-15-8-6-14/h2-4,13-14H,5-8,12H2,1H3. The molecule has 0 unspecified atom stereocenters. The number of hydrogen-bond acceptors (Lipinski definition) is 4. The van der Waals surface area contributed by atoms with Crippen molar-refractivity contribution in [1.82, 2.24) is 0 Å². The zero-order valence-electron chi connectivity index (χ0n) is 8.99. The van der Waals surface area contributed by atoms with Crippen molar-refractivity contribution in [2.75, 3.05) is 37.4 Å². The molecule has 0 saturated carbocycles.